The van der Waals surface area contributed by atoms with Gasteiger partial charge in [-0.2, -0.15) is 5.10 Å². The maximum atomic E-state index is 12.2. The molecule has 4 heteroatoms. The lowest BCUT2D eigenvalue weighted by Crippen LogP contribution is -2.14. The summed E-state index contributed by atoms with van der Waals surface area (Å²) in [6, 6.07) is 8.44. The van der Waals surface area contributed by atoms with Crippen LogP contribution in [0.1, 0.15) is 35.6 Å². The van der Waals surface area contributed by atoms with Crippen molar-refractivity contribution >= 4 is 11.6 Å². The minimum absolute atomic E-state index is 0.0720. The Balaban J connectivity index is 1.67. The number of benzene rings is 1. The molecule has 0 saturated heterocycles. The number of hydrogen-bond acceptors (Lipinski definition) is 2. The van der Waals surface area contributed by atoms with Gasteiger partial charge in [0, 0.05) is 19.7 Å². The number of rotatable bonds is 3. The number of carbonyl (C=O) groups excluding carboxylic acids is 1. The van der Waals surface area contributed by atoms with Crippen LogP contribution in [0.2, 0.25) is 0 Å². The first-order chi connectivity index (χ1) is 9.63. The van der Waals surface area contributed by atoms with Crippen molar-refractivity contribution in [1.82, 2.24) is 9.78 Å². The molecule has 0 spiro atoms. The van der Waals surface area contributed by atoms with Crippen LogP contribution >= 0.6 is 0 Å². The monoisotopic (exact) mass is 269 g/mol. The smallest absolute Gasteiger partial charge is 0.225 e. The average molecular weight is 269 g/mol. The molecular weight excluding hydrogens is 250 g/mol. The highest BCUT2D eigenvalue weighted by molar-refractivity contribution is 5.91. The molecule has 1 aliphatic carbocycles. The van der Waals surface area contributed by atoms with Gasteiger partial charge in [0.2, 0.25) is 5.91 Å². The van der Waals surface area contributed by atoms with E-state index < -0.39 is 0 Å². The van der Waals surface area contributed by atoms with E-state index in [-0.39, 0.29) is 5.91 Å². The summed E-state index contributed by atoms with van der Waals surface area (Å²) in [4.78, 5) is 12.2. The molecule has 1 aliphatic rings. The van der Waals surface area contributed by atoms with E-state index in [1.807, 2.05) is 20.2 Å². The Labute approximate surface area is 118 Å². The first-order valence-corrected chi connectivity index (χ1v) is 7.01. The van der Waals surface area contributed by atoms with Gasteiger partial charge in [-0.25, -0.2) is 0 Å². The molecule has 1 aromatic carbocycles. The zero-order chi connectivity index (χ0) is 14.1. The van der Waals surface area contributed by atoms with Gasteiger partial charge in [-0.1, -0.05) is 24.3 Å². The second-order valence-corrected chi connectivity index (χ2v) is 5.49. The van der Waals surface area contributed by atoms with Crippen LogP contribution in [0.3, 0.4) is 0 Å². The summed E-state index contributed by atoms with van der Waals surface area (Å²) in [5.41, 5.74) is 4.39. The van der Waals surface area contributed by atoms with Crippen LogP contribution in [-0.2, 0) is 18.3 Å². The van der Waals surface area contributed by atoms with Gasteiger partial charge < -0.3 is 5.32 Å². The van der Waals surface area contributed by atoms with Gasteiger partial charge >= 0.3 is 0 Å². The van der Waals surface area contributed by atoms with Crippen LogP contribution < -0.4 is 5.32 Å². The maximum Gasteiger partial charge on any atom is 0.225 e. The van der Waals surface area contributed by atoms with Crippen LogP contribution in [0.25, 0.3) is 0 Å². The molecule has 104 valence electrons. The molecule has 0 fully saturated rings. The van der Waals surface area contributed by atoms with Crippen molar-refractivity contribution in [2.24, 2.45) is 7.05 Å². The van der Waals surface area contributed by atoms with Gasteiger partial charge in [-0.3, -0.25) is 9.48 Å². The van der Waals surface area contributed by atoms with Crippen molar-refractivity contribution in [3.63, 3.8) is 0 Å². The van der Waals surface area contributed by atoms with E-state index in [0.29, 0.717) is 12.3 Å². The zero-order valence-electron chi connectivity index (χ0n) is 11.9. The lowest BCUT2D eigenvalue weighted by molar-refractivity contribution is -0.116. The van der Waals surface area contributed by atoms with Crippen LogP contribution in [0.5, 0.6) is 0 Å². The summed E-state index contributed by atoms with van der Waals surface area (Å²) in [6.07, 6.45) is 4.54. The number of carbonyl (C=O) groups is 1. The first kappa shape index (κ1) is 12.9. The predicted molar refractivity (Wildman–Crippen MR) is 78.7 cm³/mol. The van der Waals surface area contributed by atoms with Crippen molar-refractivity contribution in [3.8, 4) is 0 Å². The summed E-state index contributed by atoms with van der Waals surface area (Å²) in [6.45, 7) is 1.90. The van der Waals surface area contributed by atoms with E-state index in [9.17, 15) is 4.79 Å². The minimum Gasteiger partial charge on any atom is -0.323 e. The highest BCUT2D eigenvalue weighted by Crippen LogP contribution is 2.35. The van der Waals surface area contributed by atoms with Crippen molar-refractivity contribution in [2.75, 3.05) is 5.32 Å². The number of amides is 1. The summed E-state index contributed by atoms with van der Waals surface area (Å²) in [5.74, 6) is 0.422. The number of aromatic nitrogens is 2. The molecule has 4 nitrogen and oxygen atoms in total. The van der Waals surface area contributed by atoms with Crippen molar-refractivity contribution in [2.45, 2.75) is 32.1 Å². The molecule has 1 amide bonds. The number of hydrogen-bond donors (Lipinski definition) is 1. The largest absolute Gasteiger partial charge is 0.323 e. The van der Waals surface area contributed by atoms with Crippen LogP contribution in [-0.4, -0.2) is 15.7 Å². The Hall–Kier alpha value is -2.10. The molecule has 0 aliphatic heterocycles. The Morgan fingerprint density at radius 2 is 2.25 bits per heavy atom. The van der Waals surface area contributed by atoms with E-state index in [1.54, 1.807) is 4.68 Å². The topological polar surface area (TPSA) is 46.9 Å². The fourth-order valence-electron chi connectivity index (χ4n) is 3.00. The van der Waals surface area contributed by atoms with Crippen LogP contribution in [0.15, 0.2) is 30.5 Å². The third-order valence-electron chi connectivity index (χ3n) is 3.98. The molecule has 20 heavy (non-hydrogen) atoms. The fraction of sp³-hybridized carbons (Fsp3) is 0.375. The molecule has 0 saturated carbocycles. The van der Waals surface area contributed by atoms with E-state index in [0.717, 1.165) is 24.2 Å². The van der Waals surface area contributed by atoms with Gasteiger partial charge in [0.1, 0.15) is 0 Å². The number of aryl methyl sites for hydroxylation is 3. The highest BCUT2D eigenvalue weighted by atomic mass is 16.1. The van der Waals surface area contributed by atoms with Gasteiger partial charge in [0.25, 0.3) is 0 Å². The van der Waals surface area contributed by atoms with Crippen LogP contribution in [0, 0.1) is 6.92 Å². The average Bonchev–Trinajstić information content (AvgIpc) is 2.94. The molecule has 2 aromatic rings. The van der Waals surface area contributed by atoms with E-state index in [4.69, 9.17) is 0 Å². The number of nitrogens with one attached hydrogen (secondary N) is 1. The Kier molecular flexibility index (Phi) is 3.30. The van der Waals surface area contributed by atoms with E-state index in [1.165, 1.54) is 11.1 Å². The quantitative estimate of drug-likeness (QED) is 0.931. The summed E-state index contributed by atoms with van der Waals surface area (Å²) >= 11 is 0. The molecule has 3 rings (SSSR count). The normalized spacial score (nSPS) is 17.0. The SMILES string of the molecule is Cc1nn(C)cc1NC(=O)CC1CCc2ccccc21. The number of anilines is 1. The summed E-state index contributed by atoms with van der Waals surface area (Å²) in [5, 5.41) is 7.20. The van der Waals surface area contributed by atoms with Crippen molar-refractivity contribution in [3.05, 3.63) is 47.3 Å². The van der Waals surface area contributed by atoms with Crippen LogP contribution in [0.4, 0.5) is 5.69 Å². The molecule has 1 heterocycles. The molecule has 1 aromatic heterocycles. The van der Waals surface area contributed by atoms with Gasteiger partial charge in [-0.15, -0.1) is 0 Å². The predicted octanol–water partition coefficient (Wildman–Crippen LogP) is 2.79. The van der Waals surface area contributed by atoms with Gasteiger partial charge in [-0.05, 0) is 36.8 Å². The Morgan fingerprint density at radius 1 is 1.45 bits per heavy atom. The minimum atomic E-state index is 0.0720. The van der Waals surface area contributed by atoms with E-state index >= 15 is 0 Å². The second kappa shape index (κ2) is 5.12. The zero-order valence-corrected chi connectivity index (χ0v) is 11.9. The summed E-state index contributed by atoms with van der Waals surface area (Å²) < 4.78 is 1.72. The van der Waals surface area contributed by atoms with Gasteiger partial charge in [0.05, 0.1) is 11.4 Å². The third-order valence-corrected chi connectivity index (χ3v) is 3.98. The molecule has 1 atom stereocenters. The lowest BCUT2D eigenvalue weighted by Gasteiger charge is -2.11. The first-order valence-electron chi connectivity index (χ1n) is 7.01. The highest BCUT2D eigenvalue weighted by Gasteiger charge is 2.24. The molecule has 1 unspecified atom stereocenters. The number of nitrogens with zero attached hydrogens (tertiary/aromatic N) is 2. The molecule has 1 N–H and O–H groups in total. The molecule has 0 radical (unpaired) electrons. The fourth-order valence-corrected chi connectivity index (χ4v) is 3.00. The van der Waals surface area contributed by atoms with E-state index in [2.05, 4.69) is 34.7 Å². The van der Waals surface area contributed by atoms with Gasteiger partial charge in [0.15, 0.2) is 0 Å². The lowest BCUT2D eigenvalue weighted by atomic mass is 9.97. The molecule has 0 bridgehead atoms. The summed E-state index contributed by atoms with van der Waals surface area (Å²) in [7, 11) is 1.86. The molecular formula is C16H19N3O. The second-order valence-electron chi connectivity index (χ2n) is 5.49. The van der Waals surface area contributed by atoms with Crippen molar-refractivity contribution < 1.29 is 4.79 Å². The Bertz CT molecular complexity index is 645. The number of fused-ring (bicyclic) bond motifs is 1. The maximum absolute atomic E-state index is 12.2. The standard InChI is InChI=1S/C16H19N3O/c1-11-15(10-19(2)18-11)17-16(20)9-13-8-7-12-5-3-4-6-14(12)13/h3-6,10,13H,7-9H2,1-2H3,(H,17,20). The van der Waals surface area contributed by atoms with Crippen molar-refractivity contribution in [1.29, 1.82) is 0 Å². The third kappa shape index (κ3) is 2.46. The Morgan fingerprint density at radius 3 is 3.00 bits per heavy atom.